The molecule has 1 aromatic heterocycles. The van der Waals surface area contributed by atoms with Gasteiger partial charge in [0.05, 0.1) is 35.6 Å². The van der Waals surface area contributed by atoms with E-state index in [4.69, 9.17) is 9.47 Å². The van der Waals surface area contributed by atoms with Crippen LogP contribution in [0.2, 0.25) is 0 Å². The first kappa shape index (κ1) is 25.4. The van der Waals surface area contributed by atoms with E-state index in [0.717, 1.165) is 18.4 Å². The van der Waals surface area contributed by atoms with E-state index < -0.39 is 0 Å². The number of nitrogens with zero attached hydrogens (tertiary/aromatic N) is 3. The number of carbonyl (C=O) groups excluding carboxylic acids is 3. The molecule has 1 aliphatic rings. The molecule has 9 nitrogen and oxygen atoms in total. The number of imidazole rings is 1. The maximum absolute atomic E-state index is 13.5. The minimum atomic E-state index is -0.329. The number of ether oxygens (including phenoxy) is 2. The van der Waals surface area contributed by atoms with E-state index in [-0.39, 0.29) is 30.3 Å². The van der Waals surface area contributed by atoms with Gasteiger partial charge in [0.1, 0.15) is 6.61 Å². The first-order valence-electron chi connectivity index (χ1n) is 12.3. The molecule has 2 aromatic carbocycles. The first-order chi connectivity index (χ1) is 17.5. The third kappa shape index (κ3) is 5.91. The van der Waals surface area contributed by atoms with E-state index in [0.29, 0.717) is 49.4 Å². The molecule has 9 heteroatoms. The van der Waals surface area contributed by atoms with E-state index in [1.54, 1.807) is 30.3 Å². The molecule has 0 unspecified atom stereocenters. The maximum atomic E-state index is 13.5. The van der Waals surface area contributed by atoms with Crippen LogP contribution in [0.4, 0.5) is 5.69 Å². The van der Waals surface area contributed by atoms with Crippen molar-refractivity contribution in [3.63, 3.8) is 0 Å². The summed E-state index contributed by atoms with van der Waals surface area (Å²) in [4.78, 5) is 44.3. The van der Waals surface area contributed by atoms with Gasteiger partial charge in [-0.25, -0.2) is 4.98 Å². The number of carbonyl (C=O) groups is 3. The summed E-state index contributed by atoms with van der Waals surface area (Å²) in [5, 5.41) is 2.88. The molecule has 190 valence electrons. The molecular formula is C27H32N4O5. The summed E-state index contributed by atoms with van der Waals surface area (Å²) in [6, 6.07) is 13.6. The van der Waals surface area contributed by atoms with Crippen molar-refractivity contribution in [1.82, 2.24) is 14.5 Å². The third-order valence-corrected chi connectivity index (χ3v) is 6.32. The lowest BCUT2D eigenvalue weighted by molar-refractivity contribution is -0.149. The molecule has 0 aliphatic carbocycles. The van der Waals surface area contributed by atoms with Crippen LogP contribution in [0.25, 0.3) is 11.0 Å². The van der Waals surface area contributed by atoms with Crippen LogP contribution in [-0.2, 0) is 32.0 Å². The maximum Gasteiger partial charge on any atom is 0.310 e. The average molecular weight is 493 g/mol. The number of nitrogens with one attached hydrogen (secondary N) is 1. The van der Waals surface area contributed by atoms with Crippen LogP contribution in [0.15, 0.2) is 48.8 Å². The summed E-state index contributed by atoms with van der Waals surface area (Å²) in [6.07, 6.45) is 3.95. The Balaban J connectivity index is 1.62. The number of amides is 2. The lowest BCUT2D eigenvalue weighted by Gasteiger charge is -2.31. The number of anilines is 1. The second-order valence-electron chi connectivity index (χ2n) is 8.89. The number of hydrogen-bond acceptors (Lipinski definition) is 6. The second kappa shape index (κ2) is 11.8. The molecule has 1 aliphatic heterocycles. The molecule has 0 saturated carbocycles. The van der Waals surface area contributed by atoms with Crippen molar-refractivity contribution in [2.24, 2.45) is 5.92 Å². The van der Waals surface area contributed by atoms with Crippen molar-refractivity contribution < 1.29 is 23.9 Å². The van der Waals surface area contributed by atoms with Crippen LogP contribution < -0.4 is 5.32 Å². The molecule has 1 atom stereocenters. The predicted octanol–water partition coefficient (Wildman–Crippen LogP) is 3.28. The van der Waals surface area contributed by atoms with Gasteiger partial charge in [0.25, 0.3) is 5.91 Å². The standard InChI is InChI=1S/C27H32N4O5/c1-3-36-27(34)20-10-7-12-30(16-20)26(33)21-14-22-25(23(15-21)29-24(32)17-35-2)31(18-28-22)13-11-19-8-5-4-6-9-19/h4-6,8-9,14-15,18,20H,3,7,10-13,16-17H2,1-2H3,(H,29,32)/t20-/m0/s1. The molecule has 0 spiro atoms. The Morgan fingerprint density at radius 2 is 1.97 bits per heavy atom. The number of benzene rings is 2. The molecule has 0 bridgehead atoms. The number of aryl methyl sites for hydroxylation is 2. The van der Waals surface area contributed by atoms with Gasteiger partial charge in [-0.1, -0.05) is 30.3 Å². The first-order valence-corrected chi connectivity index (χ1v) is 12.3. The molecule has 1 N–H and O–H groups in total. The van der Waals surface area contributed by atoms with E-state index in [9.17, 15) is 14.4 Å². The predicted molar refractivity (Wildman–Crippen MR) is 136 cm³/mol. The topological polar surface area (TPSA) is 103 Å². The van der Waals surface area contributed by atoms with E-state index in [1.807, 2.05) is 22.8 Å². The monoisotopic (exact) mass is 492 g/mol. The highest BCUT2D eigenvalue weighted by Crippen LogP contribution is 2.28. The fraction of sp³-hybridized carbons (Fsp3) is 0.407. The van der Waals surface area contributed by atoms with Gasteiger partial charge in [-0.3, -0.25) is 14.4 Å². The van der Waals surface area contributed by atoms with Crippen LogP contribution in [0, 0.1) is 5.92 Å². The normalized spacial score (nSPS) is 15.6. The lowest BCUT2D eigenvalue weighted by atomic mass is 9.97. The Morgan fingerprint density at radius 1 is 1.17 bits per heavy atom. The number of methoxy groups -OCH3 is 1. The second-order valence-corrected chi connectivity index (χ2v) is 8.89. The smallest absolute Gasteiger partial charge is 0.310 e. The Hall–Kier alpha value is -3.72. The Kier molecular flexibility index (Phi) is 8.32. The molecule has 1 fully saturated rings. The zero-order valence-corrected chi connectivity index (χ0v) is 20.7. The van der Waals surface area contributed by atoms with Crippen LogP contribution in [-0.4, -0.2) is 65.6 Å². The molecule has 1 saturated heterocycles. The third-order valence-electron chi connectivity index (χ3n) is 6.32. The van der Waals surface area contributed by atoms with Crippen LogP contribution >= 0.6 is 0 Å². The summed E-state index contributed by atoms with van der Waals surface area (Å²) in [6.45, 7) is 3.52. The summed E-state index contributed by atoms with van der Waals surface area (Å²) < 4.78 is 12.1. The summed E-state index contributed by atoms with van der Waals surface area (Å²) in [5.41, 5.74) is 3.46. The van der Waals surface area contributed by atoms with Gasteiger partial charge in [0.2, 0.25) is 5.91 Å². The summed E-state index contributed by atoms with van der Waals surface area (Å²) in [7, 11) is 1.45. The van der Waals surface area contributed by atoms with Gasteiger partial charge in [-0.2, -0.15) is 0 Å². The van der Waals surface area contributed by atoms with Crippen molar-refractivity contribution in [3.05, 3.63) is 59.9 Å². The Bertz CT molecular complexity index is 1220. The average Bonchev–Trinajstić information content (AvgIpc) is 3.31. The van der Waals surface area contributed by atoms with Gasteiger partial charge in [0.15, 0.2) is 0 Å². The van der Waals surface area contributed by atoms with Crippen LogP contribution in [0.1, 0.15) is 35.7 Å². The molecule has 3 aromatic rings. The summed E-state index contributed by atoms with van der Waals surface area (Å²) >= 11 is 0. The fourth-order valence-corrected chi connectivity index (χ4v) is 4.61. The van der Waals surface area contributed by atoms with Crippen molar-refractivity contribution in [3.8, 4) is 0 Å². The van der Waals surface area contributed by atoms with Crippen LogP contribution in [0.3, 0.4) is 0 Å². The number of piperidine rings is 1. The highest BCUT2D eigenvalue weighted by Gasteiger charge is 2.30. The van der Waals surface area contributed by atoms with Crippen molar-refractivity contribution >= 4 is 34.5 Å². The highest BCUT2D eigenvalue weighted by atomic mass is 16.5. The van der Waals surface area contributed by atoms with Crippen molar-refractivity contribution in [1.29, 1.82) is 0 Å². The summed E-state index contributed by atoms with van der Waals surface area (Å²) in [5.74, 6) is -1.12. The van der Waals surface area contributed by atoms with Gasteiger partial charge < -0.3 is 24.3 Å². The van der Waals surface area contributed by atoms with Gasteiger partial charge >= 0.3 is 5.97 Å². The largest absolute Gasteiger partial charge is 0.466 e. The van der Waals surface area contributed by atoms with Gasteiger partial charge in [-0.05, 0) is 43.9 Å². The quantitative estimate of drug-likeness (QED) is 0.460. The number of rotatable bonds is 9. The zero-order chi connectivity index (χ0) is 25.5. The molecule has 0 radical (unpaired) electrons. The minimum Gasteiger partial charge on any atom is -0.466 e. The fourth-order valence-electron chi connectivity index (χ4n) is 4.61. The van der Waals surface area contributed by atoms with Gasteiger partial charge in [-0.15, -0.1) is 0 Å². The zero-order valence-electron chi connectivity index (χ0n) is 20.7. The lowest BCUT2D eigenvalue weighted by Crippen LogP contribution is -2.42. The molecule has 2 heterocycles. The van der Waals surface area contributed by atoms with E-state index in [2.05, 4.69) is 22.4 Å². The molecule has 36 heavy (non-hydrogen) atoms. The minimum absolute atomic E-state index is 0.106. The van der Waals surface area contributed by atoms with E-state index in [1.165, 1.54) is 12.7 Å². The number of aromatic nitrogens is 2. The molecule has 2 amide bonds. The molecule has 4 rings (SSSR count). The number of hydrogen-bond donors (Lipinski definition) is 1. The SMILES string of the molecule is CCOC(=O)[C@H]1CCCN(C(=O)c2cc(NC(=O)COC)c3c(c2)ncn3CCc2ccccc2)C1. The number of esters is 1. The Morgan fingerprint density at radius 3 is 2.72 bits per heavy atom. The molecular weight excluding hydrogens is 460 g/mol. The number of likely N-dealkylation sites (tertiary alicyclic amines) is 1. The highest BCUT2D eigenvalue weighted by molar-refractivity contribution is 6.05. The number of fused-ring (bicyclic) bond motifs is 1. The van der Waals surface area contributed by atoms with Gasteiger partial charge in [0, 0.05) is 32.3 Å². The van der Waals surface area contributed by atoms with Crippen molar-refractivity contribution in [2.75, 3.05) is 38.7 Å². The Labute approximate surface area is 210 Å². The van der Waals surface area contributed by atoms with E-state index >= 15 is 0 Å². The van der Waals surface area contributed by atoms with Crippen LogP contribution in [0.5, 0.6) is 0 Å². The van der Waals surface area contributed by atoms with Crippen molar-refractivity contribution in [2.45, 2.75) is 32.7 Å².